The molecule has 24 heavy (non-hydrogen) atoms. The number of halogens is 1. The summed E-state index contributed by atoms with van der Waals surface area (Å²) in [4.78, 5) is 14.4. The van der Waals surface area contributed by atoms with Gasteiger partial charge in [0, 0.05) is 25.6 Å². The topological polar surface area (TPSA) is 58.2 Å². The van der Waals surface area contributed by atoms with E-state index in [-0.39, 0.29) is 23.9 Å². The first-order valence-electron chi connectivity index (χ1n) is 8.10. The molecule has 1 aliphatic rings. The van der Waals surface area contributed by atoms with Crippen LogP contribution in [0, 0.1) is 12.7 Å². The van der Waals surface area contributed by atoms with Crippen LogP contribution in [-0.4, -0.2) is 34.2 Å². The lowest BCUT2D eigenvalue weighted by Crippen LogP contribution is -2.29. The molecule has 1 aromatic heterocycles. The molecule has 0 saturated carbocycles. The van der Waals surface area contributed by atoms with Crippen LogP contribution in [-0.2, 0) is 17.7 Å². The third kappa shape index (κ3) is 3.06. The van der Waals surface area contributed by atoms with Crippen molar-refractivity contribution >= 4 is 5.91 Å². The van der Waals surface area contributed by atoms with Gasteiger partial charge in [0.25, 0.3) is 5.91 Å². The number of nitrogens with one attached hydrogen (secondary N) is 1. The summed E-state index contributed by atoms with van der Waals surface area (Å²) in [5, 5.41) is 7.17. The molecule has 0 bridgehead atoms. The number of ether oxygens (including phenoxy) is 1. The molecule has 1 N–H and O–H groups in total. The van der Waals surface area contributed by atoms with Crippen LogP contribution in [0.2, 0.25) is 0 Å². The maximum atomic E-state index is 13.2. The smallest absolute Gasteiger partial charge is 0.274 e. The van der Waals surface area contributed by atoms with Crippen LogP contribution in [0.15, 0.2) is 18.2 Å². The van der Waals surface area contributed by atoms with Crippen molar-refractivity contribution in [1.82, 2.24) is 15.1 Å². The first-order valence-corrected chi connectivity index (χ1v) is 8.10. The molecule has 1 amide bonds. The Morgan fingerprint density at radius 3 is 2.92 bits per heavy atom. The first-order chi connectivity index (χ1) is 11.4. The summed E-state index contributed by atoms with van der Waals surface area (Å²) < 4.78 is 19.0. The normalized spacial score (nSPS) is 19.9. The summed E-state index contributed by atoms with van der Waals surface area (Å²) in [6.07, 6.45) is 0.629. The average Bonchev–Trinajstić information content (AvgIpc) is 2.93. The molecule has 0 saturated heterocycles. The van der Waals surface area contributed by atoms with E-state index < -0.39 is 0 Å². The van der Waals surface area contributed by atoms with E-state index in [0.717, 1.165) is 22.4 Å². The number of carbonyl (C=O) groups is 1. The lowest BCUT2D eigenvalue weighted by atomic mass is 9.99. The third-order valence-corrected chi connectivity index (χ3v) is 4.50. The van der Waals surface area contributed by atoms with Crippen molar-refractivity contribution in [2.24, 2.45) is 0 Å². The molecule has 5 nitrogen and oxygen atoms in total. The Morgan fingerprint density at radius 2 is 2.21 bits per heavy atom. The molecule has 1 aromatic carbocycles. The molecule has 6 heteroatoms. The van der Waals surface area contributed by atoms with Gasteiger partial charge in [0.05, 0.1) is 17.9 Å². The van der Waals surface area contributed by atoms with E-state index in [1.807, 2.05) is 20.8 Å². The fraction of sp³-hybridized carbons (Fsp3) is 0.444. The molecule has 0 aliphatic carbocycles. The molecule has 1 aliphatic heterocycles. The van der Waals surface area contributed by atoms with Crippen LogP contribution < -0.4 is 0 Å². The number of hydrogen-bond donors (Lipinski definition) is 1. The van der Waals surface area contributed by atoms with Crippen LogP contribution in [0.4, 0.5) is 4.39 Å². The molecular weight excluding hydrogens is 309 g/mol. The number of fused-ring (bicyclic) bond motifs is 1. The number of hydrogen-bond acceptors (Lipinski definition) is 3. The number of nitrogens with zero attached hydrogens (tertiary/aromatic N) is 2. The van der Waals surface area contributed by atoms with E-state index >= 15 is 0 Å². The fourth-order valence-corrected chi connectivity index (χ4v) is 3.20. The van der Waals surface area contributed by atoms with Gasteiger partial charge in [-0.25, -0.2) is 4.39 Å². The van der Waals surface area contributed by atoms with Crippen molar-refractivity contribution in [2.75, 3.05) is 7.05 Å². The van der Waals surface area contributed by atoms with Gasteiger partial charge in [0.2, 0.25) is 0 Å². The average molecular weight is 331 g/mol. The van der Waals surface area contributed by atoms with Crippen LogP contribution in [0.3, 0.4) is 0 Å². The predicted molar refractivity (Wildman–Crippen MR) is 88.2 cm³/mol. The van der Waals surface area contributed by atoms with Gasteiger partial charge in [-0.3, -0.25) is 9.89 Å². The Labute approximate surface area is 140 Å². The Morgan fingerprint density at radius 1 is 1.46 bits per heavy atom. The highest BCUT2D eigenvalue weighted by Crippen LogP contribution is 2.30. The van der Waals surface area contributed by atoms with Gasteiger partial charge in [-0.15, -0.1) is 0 Å². The predicted octanol–water partition coefficient (Wildman–Crippen LogP) is 3.15. The lowest BCUT2D eigenvalue weighted by Gasteiger charge is -2.26. The fourth-order valence-electron chi connectivity index (χ4n) is 3.20. The molecule has 0 radical (unpaired) electrons. The van der Waals surface area contributed by atoms with E-state index in [0.29, 0.717) is 18.7 Å². The standard InChI is InChI=1S/C18H22FN3O2/c1-10-7-14(19)6-5-13(10)9-22(4)18(23)17-15-8-11(2)24-12(3)16(15)20-21-17/h5-7,11-12H,8-9H2,1-4H3,(H,20,21)/t11-,12+/m1/s1. The van der Waals surface area contributed by atoms with E-state index in [9.17, 15) is 9.18 Å². The number of carbonyl (C=O) groups excluding carboxylic acids is 1. The molecule has 0 unspecified atom stereocenters. The Hall–Kier alpha value is -2.21. The number of rotatable bonds is 3. The first kappa shape index (κ1) is 16.6. The molecule has 3 rings (SSSR count). The zero-order valence-electron chi connectivity index (χ0n) is 14.4. The number of benzene rings is 1. The van der Waals surface area contributed by atoms with Crippen molar-refractivity contribution in [3.63, 3.8) is 0 Å². The summed E-state index contributed by atoms with van der Waals surface area (Å²) in [5.41, 5.74) is 4.02. The quantitative estimate of drug-likeness (QED) is 0.940. The van der Waals surface area contributed by atoms with E-state index in [1.165, 1.54) is 12.1 Å². The molecule has 2 heterocycles. The van der Waals surface area contributed by atoms with Crippen LogP contribution in [0.5, 0.6) is 0 Å². The molecule has 2 aromatic rings. The van der Waals surface area contributed by atoms with Gasteiger partial charge >= 0.3 is 0 Å². The van der Waals surface area contributed by atoms with Crippen molar-refractivity contribution < 1.29 is 13.9 Å². The highest BCUT2D eigenvalue weighted by Gasteiger charge is 2.30. The van der Waals surface area contributed by atoms with Crippen molar-refractivity contribution in [3.8, 4) is 0 Å². The number of aromatic nitrogens is 2. The Balaban J connectivity index is 1.82. The minimum Gasteiger partial charge on any atom is -0.369 e. The summed E-state index contributed by atoms with van der Waals surface area (Å²) in [6.45, 7) is 6.20. The Bertz CT molecular complexity index is 772. The minimum atomic E-state index is -0.269. The van der Waals surface area contributed by atoms with E-state index in [4.69, 9.17) is 4.74 Å². The van der Waals surface area contributed by atoms with E-state index in [1.54, 1.807) is 18.0 Å². The van der Waals surface area contributed by atoms with Crippen molar-refractivity contribution in [3.05, 3.63) is 52.1 Å². The van der Waals surface area contributed by atoms with Gasteiger partial charge in [0.1, 0.15) is 5.82 Å². The second-order valence-corrected chi connectivity index (χ2v) is 6.49. The van der Waals surface area contributed by atoms with Crippen LogP contribution in [0.1, 0.15) is 52.8 Å². The zero-order chi connectivity index (χ0) is 17.4. The van der Waals surface area contributed by atoms with Gasteiger partial charge in [-0.2, -0.15) is 5.10 Å². The minimum absolute atomic E-state index is 0.0568. The van der Waals surface area contributed by atoms with Crippen molar-refractivity contribution in [2.45, 2.75) is 45.9 Å². The maximum absolute atomic E-state index is 13.2. The van der Waals surface area contributed by atoms with Gasteiger partial charge < -0.3 is 9.64 Å². The summed E-state index contributed by atoms with van der Waals surface area (Å²) in [7, 11) is 1.73. The highest BCUT2D eigenvalue weighted by molar-refractivity contribution is 5.94. The molecule has 0 fully saturated rings. The van der Waals surface area contributed by atoms with Crippen LogP contribution in [0.25, 0.3) is 0 Å². The zero-order valence-corrected chi connectivity index (χ0v) is 14.4. The monoisotopic (exact) mass is 331 g/mol. The second-order valence-electron chi connectivity index (χ2n) is 6.49. The second kappa shape index (κ2) is 6.36. The maximum Gasteiger partial charge on any atom is 0.274 e. The molecular formula is C18H22FN3O2. The Kier molecular flexibility index (Phi) is 4.41. The molecule has 2 atom stereocenters. The molecule has 0 spiro atoms. The summed E-state index contributed by atoms with van der Waals surface area (Å²) >= 11 is 0. The van der Waals surface area contributed by atoms with Gasteiger partial charge in [-0.05, 0) is 44.0 Å². The summed E-state index contributed by atoms with van der Waals surface area (Å²) in [6, 6.07) is 4.61. The number of H-pyrrole nitrogens is 1. The van der Waals surface area contributed by atoms with E-state index in [2.05, 4.69) is 10.2 Å². The largest absolute Gasteiger partial charge is 0.369 e. The lowest BCUT2D eigenvalue weighted by molar-refractivity contribution is -0.00701. The molecule has 128 valence electrons. The SMILES string of the molecule is Cc1cc(F)ccc1CN(C)C(=O)c1n[nH]c2c1C[C@@H](C)O[C@H]2C. The van der Waals surface area contributed by atoms with Gasteiger partial charge in [-0.1, -0.05) is 6.07 Å². The number of aryl methyl sites for hydroxylation is 1. The van der Waals surface area contributed by atoms with Gasteiger partial charge in [0.15, 0.2) is 5.69 Å². The third-order valence-electron chi connectivity index (χ3n) is 4.50. The van der Waals surface area contributed by atoms with Crippen molar-refractivity contribution in [1.29, 1.82) is 0 Å². The highest BCUT2D eigenvalue weighted by atomic mass is 19.1. The summed E-state index contributed by atoms with van der Waals surface area (Å²) in [5.74, 6) is -0.410. The number of amides is 1. The number of aromatic amines is 1. The van der Waals surface area contributed by atoms with Crippen LogP contribution >= 0.6 is 0 Å².